The fourth-order valence-electron chi connectivity index (χ4n) is 2.83. The normalized spacial score (nSPS) is 10.7. The highest BCUT2D eigenvalue weighted by Crippen LogP contribution is 2.35. The first kappa shape index (κ1) is 14.7. The Balaban J connectivity index is 1.89. The predicted octanol–water partition coefficient (Wildman–Crippen LogP) is 6.36. The molecule has 24 heavy (non-hydrogen) atoms. The average Bonchev–Trinajstić information content (AvgIpc) is 2.64. The third-order valence-electron chi connectivity index (χ3n) is 3.93. The Labute approximate surface area is 146 Å². The SMILES string of the molecule is Clc1ccc2cc(N(c3ccccc3)c3ccccc3)ccc2n1. The Morgan fingerprint density at radius 3 is 1.88 bits per heavy atom. The van der Waals surface area contributed by atoms with Crippen LogP contribution >= 0.6 is 11.6 Å². The van der Waals surface area contributed by atoms with E-state index in [4.69, 9.17) is 11.6 Å². The second-order valence-electron chi connectivity index (χ2n) is 5.52. The standard InChI is InChI=1S/C21H15ClN2/c22-21-14-11-16-15-19(12-13-20(16)23-21)24(17-7-3-1-4-8-17)18-9-5-2-6-10-18/h1-15H. The third kappa shape index (κ3) is 2.84. The Bertz CT molecular complexity index is 929. The van der Waals surface area contributed by atoms with Gasteiger partial charge in [-0.05, 0) is 54.6 Å². The summed E-state index contributed by atoms with van der Waals surface area (Å²) in [6, 6.07) is 30.7. The molecule has 0 unspecified atom stereocenters. The van der Waals surface area contributed by atoms with Crippen molar-refractivity contribution in [2.45, 2.75) is 0 Å². The van der Waals surface area contributed by atoms with Crippen molar-refractivity contribution in [3.63, 3.8) is 0 Å². The van der Waals surface area contributed by atoms with E-state index in [9.17, 15) is 0 Å². The highest BCUT2D eigenvalue weighted by atomic mass is 35.5. The van der Waals surface area contributed by atoms with Crippen LogP contribution < -0.4 is 4.90 Å². The van der Waals surface area contributed by atoms with E-state index in [1.165, 1.54) is 0 Å². The lowest BCUT2D eigenvalue weighted by atomic mass is 10.1. The summed E-state index contributed by atoms with van der Waals surface area (Å²) >= 11 is 5.99. The molecule has 0 N–H and O–H groups in total. The van der Waals surface area contributed by atoms with Gasteiger partial charge in [0.15, 0.2) is 0 Å². The van der Waals surface area contributed by atoms with Gasteiger partial charge in [0.05, 0.1) is 5.52 Å². The molecule has 0 spiro atoms. The summed E-state index contributed by atoms with van der Waals surface area (Å²) in [7, 11) is 0. The van der Waals surface area contributed by atoms with E-state index in [2.05, 4.69) is 46.3 Å². The molecule has 0 saturated heterocycles. The van der Waals surface area contributed by atoms with Crippen molar-refractivity contribution in [3.05, 3.63) is 96.1 Å². The van der Waals surface area contributed by atoms with Crippen LogP contribution in [0, 0.1) is 0 Å². The molecular weight excluding hydrogens is 316 g/mol. The van der Waals surface area contributed by atoms with Crippen LogP contribution in [0.4, 0.5) is 17.1 Å². The molecule has 0 aliphatic rings. The number of benzene rings is 3. The predicted molar refractivity (Wildman–Crippen MR) is 101 cm³/mol. The molecule has 0 amide bonds. The fraction of sp³-hybridized carbons (Fsp3) is 0. The van der Waals surface area contributed by atoms with E-state index in [0.717, 1.165) is 28.0 Å². The molecule has 0 fully saturated rings. The second-order valence-corrected chi connectivity index (χ2v) is 5.90. The number of rotatable bonds is 3. The number of anilines is 3. The molecule has 116 valence electrons. The monoisotopic (exact) mass is 330 g/mol. The van der Waals surface area contributed by atoms with Crippen molar-refractivity contribution in [1.82, 2.24) is 4.98 Å². The summed E-state index contributed by atoms with van der Waals surface area (Å²) in [6.45, 7) is 0. The van der Waals surface area contributed by atoms with Crippen LogP contribution in [0.1, 0.15) is 0 Å². The number of nitrogens with zero attached hydrogens (tertiary/aromatic N) is 2. The van der Waals surface area contributed by atoms with Crippen molar-refractivity contribution >= 4 is 39.6 Å². The Morgan fingerprint density at radius 1 is 0.625 bits per heavy atom. The number of para-hydroxylation sites is 2. The molecule has 3 aromatic carbocycles. The van der Waals surface area contributed by atoms with Crippen LogP contribution in [-0.4, -0.2) is 4.98 Å². The smallest absolute Gasteiger partial charge is 0.129 e. The summed E-state index contributed by atoms with van der Waals surface area (Å²) in [5.74, 6) is 0. The number of pyridine rings is 1. The average molecular weight is 331 g/mol. The minimum atomic E-state index is 0.512. The summed E-state index contributed by atoms with van der Waals surface area (Å²) in [4.78, 5) is 6.60. The van der Waals surface area contributed by atoms with Gasteiger partial charge in [-0.2, -0.15) is 0 Å². The van der Waals surface area contributed by atoms with Crippen LogP contribution in [-0.2, 0) is 0 Å². The number of hydrogen-bond acceptors (Lipinski definition) is 2. The van der Waals surface area contributed by atoms with E-state index in [1.54, 1.807) is 0 Å². The Kier molecular flexibility index (Phi) is 3.89. The van der Waals surface area contributed by atoms with Gasteiger partial charge in [-0.3, -0.25) is 0 Å². The van der Waals surface area contributed by atoms with Crippen LogP contribution in [0.3, 0.4) is 0 Å². The lowest BCUT2D eigenvalue weighted by Crippen LogP contribution is -2.09. The van der Waals surface area contributed by atoms with Crippen molar-refractivity contribution in [3.8, 4) is 0 Å². The first-order chi connectivity index (χ1) is 11.8. The van der Waals surface area contributed by atoms with E-state index < -0.39 is 0 Å². The van der Waals surface area contributed by atoms with Gasteiger partial charge in [0.25, 0.3) is 0 Å². The van der Waals surface area contributed by atoms with Crippen LogP contribution in [0.25, 0.3) is 10.9 Å². The molecule has 3 heteroatoms. The van der Waals surface area contributed by atoms with Crippen molar-refractivity contribution in [1.29, 1.82) is 0 Å². The number of halogens is 1. The van der Waals surface area contributed by atoms with Crippen LogP contribution in [0.5, 0.6) is 0 Å². The topological polar surface area (TPSA) is 16.1 Å². The molecule has 4 aromatic rings. The van der Waals surface area contributed by atoms with Gasteiger partial charge >= 0.3 is 0 Å². The molecule has 1 heterocycles. The maximum atomic E-state index is 5.99. The first-order valence-corrected chi connectivity index (χ1v) is 8.16. The Morgan fingerprint density at radius 2 is 1.25 bits per heavy atom. The molecule has 0 atom stereocenters. The molecular formula is C21H15ClN2. The molecule has 0 bridgehead atoms. The van der Waals surface area contributed by atoms with Crippen LogP contribution in [0.2, 0.25) is 5.15 Å². The number of fused-ring (bicyclic) bond motifs is 1. The fourth-order valence-corrected chi connectivity index (χ4v) is 2.98. The number of hydrogen-bond donors (Lipinski definition) is 0. The van der Waals surface area contributed by atoms with Gasteiger partial charge < -0.3 is 4.90 Å². The largest absolute Gasteiger partial charge is 0.310 e. The van der Waals surface area contributed by atoms with E-state index in [0.29, 0.717) is 5.15 Å². The molecule has 1 aromatic heterocycles. The molecule has 0 aliphatic carbocycles. The quantitative estimate of drug-likeness (QED) is 0.406. The maximum absolute atomic E-state index is 5.99. The molecule has 0 radical (unpaired) electrons. The highest BCUT2D eigenvalue weighted by molar-refractivity contribution is 6.29. The first-order valence-electron chi connectivity index (χ1n) is 7.78. The lowest BCUT2D eigenvalue weighted by molar-refractivity contribution is 1.28. The lowest BCUT2D eigenvalue weighted by Gasteiger charge is -2.25. The van der Waals surface area contributed by atoms with Crippen molar-refractivity contribution in [2.75, 3.05) is 4.90 Å². The number of aromatic nitrogens is 1. The molecule has 0 saturated carbocycles. The summed E-state index contributed by atoms with van der Waals surface area (Å²) < 4.78 is 0. The molecule has 0 aliphatic heterocycles. The second kappa shape index (κ2) is 6.34. The van der Waals surface area contributed by atoms with E-state index >= 15 is 0 Å². The van der Waals surface area contributed by atoms with Crippen molar-refractivity contribution < 1.29 is 0 Å². The zero-order valence-electron chi connectivity index (χ0n) is 12.9. The maximum Gasteiger partial charge on any atom is 0.129 e. The summed E-state index contributed by atoms with van der Waals surface area (Å²) in [5, 5.41) is 1.58. The van der Waals surface area contributed by atoms with Gasteiger partial charge in [0.2, 0.25) is 0 Å². The van der Waals surface area contributed by atoms with E-state index in [1.807, 2.05) is 54.6 Å². The van der Waals surface area contributed by atoms with Gasteiger partial charge in [0, 0.05) is 22.4 Å². The van der Waals surface area contributed by atoms with Gasteiger partial charge in [0.1, 0.15) is 5.15 Å². The Hall–Kier alpha value is -2.84. The summed E-state index contributed by atoms with van der Waals surface area (Å²) in [5.41, 5.74) is 4.21. The van der Waals surface area contributed by atoms with Crippen molar-refractivity contribution in [2.24, 2.45) is 0 Å². The van der Waals surface area contributed by atoms with Gasteiger partial charge in [-0.1, -0.05) is 48.0 Å². The molecule has 2 nitrogen and oxygen atoms in total. The van der Waals surface area contributed by atoms with Crippen LogP contribution in [0.15, 0.2) is 91.0 Å². The zero-order chi connectivity index (χ0) is 16.4. The van der Waals surface area contributed by atoms with Gasteiger partial charge in [-0.15, -0.1) is 0 Å². The van der Waals surface area contributed by atoms with Gasteiger partial charge in [-0.25, -0.2) is 4.98 Å². The van der Waals surface area contributed by atoms with E-state index in [-0.39, 0.29) is 0 Å². The highest BCUT2D eigenvalue weighted by Gasteiger charge is 2.12. The molecule has 4 rings (SSSR count). The minimum Gasteiger partial charge on any atom is -0.310 e. The summed E-state index contributed by atoms with van der Waals surface area (Å²) in [6.07, 6.45) is 0. The zero-order valence-corrected chi connectivity index (χ0v) is 13.7. The third-order valence-corrected chi connectivity index (χ3v) is 4.14. The minimum absolute atomic E-state index is 0.512.